The molecular formula is C19H21N3O5S. The number of nitro groups is 1. The SMILES string of the molecule is O=C(Nc1cccc(S(=O)(=O)N2CCCCCC2)c1)c1cccc([N+](=O)[O-])c1. The van der Waals surface area contributed by atoms with E-state index in [9.17, 15) is 23.3 Å². The highest BCUT2D eigenvalue weighted by Gasteiger charge is 2.25. The van der Waals surface area contributed by atoms with E-state index in [-0.39, 0.29) is 16.1 Å². The zero-order valence-electron chi connectivity index (χ0n) is 15.2. The fourth-order valence-corrected chi connectivity index (χ4v) is 4.69. The lowest BCUT2D eigenvalue weighted by Crippen LogP contribution is -2.32. The molecule has 0 saturated carbocycles. The zero-order chi connectivity index (χ0) is 20.1. The van der Waals surface area contributed by atoms with Gasteiger partial charge in [-0.1, -0.05) is 25.0 Å². The molecule has 1 aliphatic rings. The molecule has 1 aliphatic heterocycles. The molecule has 0 radical (unpaired) electrons. The minimum Gasteiger partial charge on any atom is -0.322 e. The van der Waals surface area contributed by atoms with Crippen LogP contribution in [0.2, 0.25) is 0 Å². The van der Waals surface area contributed by atoms with Gasteiger partial charge in [-0.2, -0.15) is 4.31 Å². The summed E-state index contributed by atoms with van der Waals surface area (Å²) in [5.74, 6) is -0.548. The van der Waals surface area contributed by atoms with Gasteiger partial charge in [0.2, 0.25) is 10.0 Å². The van der Waals surface area contributed by atoms with E-state index in [1.807, 2.05) is 0 Å². The van der Waals surface area contributed by atoms with Gasteiger partial charge in [0.25, 0.3) is 11.6 Å². The van der Waals surface area contributed by atoms with Gasteiger partial charge in [0.15, 0.2) is 0 Å². The van der Waals surface area contributed by atoms with Crippen LogP contribution in [0.15, 0.2) is 53.4 Å². The van der Waals surface area contributed by atoms with Gasteiger partial charge >= 0.3 is 0 Å². The molecule has 1 heterocycles. The number of nitrogens with zero attached hydrogens (tertiary/aromatic N) is 2. The quantitative estimate of drug-likeness (QED) is 0.608. The number of rotatable bonds is 5. The summed E-state index contributed by atoms with van der Waals surface area (Å²) in [5, 5.41) is 13.5. The summed E-state index contributed by atoms with van der Waals surface area (Å²) in [6.07, 6.45) is 3.71. The third-order valence-corrected chi connectivity index (χ3v) is 6.51. The van der Waals surface area contributed by atoms with Gasteiger partial charge < -0.3 is 5.32 Å². The first-order valence-electron chi connectivity index (χ1n) is 9.04. The average molecular weight is 403 g/mol. The molecule has 0 aliphatic carbocycles. The summed E-state index contributed by atoms with van der Waals surface area (Å²) in [6, 6.07) is 11.4. The van der Waals surface area contributed by atoms with Crippen molar-refractivity contribution in [1.82, 2.24) is 4.31 Å². The number of carbonyl (C=O) groups excluding carboxylic acids is 1. The maximum atomic E-state index is 12.9. The van der Waals surface area contributed by atoms with E-state index in [4.69, 9.17) is 0 Å². The maximum absolute atomic E-state index is 12.9. The predicted molar refractivity (Wildman–Crippen MR) is 105 cm³/mol. The summed E-state index contributed by atoms with van der Waals surface area (Å²) < 4.78 is 27.3. The highest BCUT2D eigenvalue weighted by atomic mass is 32.2. The van der Waals surface area contributed by atoms with Crippen molar-refractivity contribution in [3.63, 3.8) is 0 Å². The van der Waals surface area contributed by atoms with E-state index in [2.05, 4.69) is 5.32 Å². The standard InChI is InChI=1S/C19H21N3O5S/c23-19(15-7-5-9-17(13-15)22(24)25)20-16-8-6-10-18(14-16)28(26,27)21-11-3-1-2-4-12-21/h5-10,13-14H,1-4,11-12H2,(H,20,23). The number of nitro benzene ring substituents is 1. The number of amides is 1. The monoisotopic (exact) mass is 403 g/mol. The molecule has 2 aromatic rings. The van der Waals surface area contributed by atoms with Crippen molar-refractivity contribution in [2.45, 2.75) is 30.6 Å². The lowest BCUT2D eigenvalue weighted by atomic mass is 10.2. The summed E-state index contributed by atoms with van der Waals surface area (Å²) in [4.78, 5) is 22.8. The lowest BCUT2D eigenvalue weighted by molar-refractivity contribution is -0.384. The molecule has 1 fully saturated rings. The van der Waals surface area contributed by atoms with Crippen molar-refractivity contribution < 1.29 is 18.1 Å². The van der Waals surface area contributed by atoms with Gasteiger partial charge in [-0.3, -0.25) is 14.9 Å². The molecular weight excluding hydrogens is 382 g/mol. The Morgan fingerprint density at radius 2 is 1.68 bits per heavy atom. The average Bonchev–Trinajstić information content (AvgIpc) is 2.98. The molecule has 8 nitrogen and oxygen atoms in total. The van der Waals surface area contributed by atoms with Crippen LogP contribution in [0, 0.1) is 10.1 Å². The topological polar surface area (TPSA) is 110 Å². The van der Waals surface area contributed by atoms with Crippen LogP contribution in [0.5, 0.6) is 0 Å². The Morgan fingerprint density at radius 1 is 1.00 bits per heavy atom. The number of non-ortho nitro benzene ring substituents is 1. The third kappa shape index (κ3) is 4.55. The van der Waals surface area contributed by atoms with Gasteiger partial charge in [0.05, 0.1) is 9.82 Å². The Morgan fingerprint density at radius 3 is 2.36 bits per heavy atom. The van der Waals surface area contributed by atoms with E-state index in [1.54, 1.807) is 12.1 Å². The molecule has 3 rings (SSSR count). The van der Waals surface area contributed by atoms with Crippen LogP contribution in [0.25, 0.3) is 0 Å². The van der Waals surface area contributed by atoms with Crippen LogP contribution < -0.4 is 5.32 Å². The predicted octanol–water partition coefficient (Wildman–Crippen LogP) is 3.41. The number of carbonyl (C=O) groups is 1. The molecule has 2 aromatic carbocycles. The molecule has 1 N–H and O–H groups in total. The highest BCUT2D eigenvalue weighted by molar-refractivity contribution is 7.89. The van der Waals surface area contributed by atoms with Gasteiger partial charge in [-0.25, -0.2) is 8.42 Å². The van der Waals surface area contributed by atoms with Gasteiger partial charge in [-0.05, 0) is 37.1 Å². The Bertz CT molecular complexity index is 983. The fraction of sp³-hybridized carbons (Fsp3) is 0.316. The lowest BCUT2D eigenvalue weighted by Gasteiger charge is -2.20. The second-order valence-corrected chi connectivity index (χ2v) is 8.55. The molecule has 0 spiro atoms. The molecule has 0 aromatic heterocycles. The number of hydrogen-bond acceptors (Lipinski definition) is 5. The molecule has 0 unspecified atom stereocenters. The first-order valence-corrected chi connectivity index (χ1v) is 10.5. The summed E-state index contributed by atoms with van der Waals surface area (Å²) in [6.45, 7) is 0.985. The van der Waals surface area contributed by atoms with Crippen molar-refractivity contribution in [2.75, 3.05) is 18.4 Å². The second-order valence-electron chi connectivity index (χ2n) is 6.61. The van der Waals surface area contributed by atoms with E-state index < -0.39 is 20.9 Å². The zero-order valence-corrected chi connectivity index (χ0v) is 16.0. The van der Waals surface area contributed by atoms with E-state index in [1.165, 1.54) is 40.7 Å². The minimum atomic E-state index is -3.63. The number of hydrogen-bond donors (Lipinski definition) is 1. The largest absolute Gasteiger partial charge is 0.322 e. The maximum Gasteiger partial charge on any atom is 0.270 e. The molecule has 0 atom stereocenters. The van der Waals surface area contributed by atoms with Crippen molar-refractivity contribution in [2.24, 2.45) is 0 Å². The van der Waals surface area contributed by atoms with Crippen LogP contribution in [-0.2, 0) is 10.0 Å². The summed E-state index contributed by atoms with van der Waals surface area (Å²) in [5.41, 5.74) is 0.243. The number of anilines is 1. The molecule has 9 heteroatoms. The van der Waals surface area contributed by atoms with E-state index in [0.29, 0.717) is 18.8 Å². The fourth-order valence-electron chi connectivity index (χ4n) is 3.13. The number of sulfonamides is 1. The van der Waals surface area contributed by atoms with Crippen molar-refractivity contribution >= 4 is 27.3 Å². The molecule has 148 valence electrons. The van der Waals surface area contributed by atoms with E-state index >= 15 is 0 Å². The van der Waals surface area contributed by atoms with Crippen molar-refractivity contribution in [3.8, 4) is 0 Å². The first kappa shape index (κ1) is 20.0. The molecule has 28 heavy (non-hydrogen) atoms. The van der Waals surface area contributed by atoms with Crippen LogP contribution in [0.4, 0.5) is 11.4 Å². The van der Waals surface area contributed by atoms with Gasteiger partial charge in [-0.15, -0.1) is 0 Å². The normalized spacial score (nSPS) is 15.6. The van der Waals surface area contributed by atoms with Crippen LogP contribution in [0.3, 0.4) is 0 Å². The number of benzene rings is 2. The number of nitrogens with one attached hydrogen (secondary N) is 1. The first-order chi connectivity index (χ1) is 13.4. The Balaban J connectivity index is 1.80. The molecule has 0 bridgehead atoms. The van der Waals surface area contributed by atoms with Crippen LogP contribution in [-0.4, -0.2) is 36.6 Å². The minimum absolute atomic E-state index is 0.117. The molecule has 1 saturated heterocycles. The summed E-state index contributed by atoms with van der Waals surface area (Å²) in [7, 11) is -3.63. The highest BCUT2D eigenvalue weighted by Crippen LogP contribution is 2.23. The third-order valence-electron chi connectivity index (χ3n) is 4.61. The Labute approximate surface area is 163 Å². The Kier molecular flexibility index (Phi) is 6.05. The van der Waals surface area contributed by atoms with Crippen molar-refractivity contribution in [3.05, 3.63) is 64.2 Å². The smallest absolute Gasteiger partial charge is 0.270 e. The Hall–Kier alpha value is -2.78. The summed E-state index contributed by atoms with van der Waals surface area (Å²) >= 11 is 0. The molecule has 1 amide bonds. The van der Waals surface area contributed by atoms with E-state index in [0.717, 1.165) is 25.7 Å². The van der Waals surface area contributed by atoms with Gasteiger partial charge in [0.1, 0.15) is 0 Å². The van der Waals surface area contributed by atoms with Gasteiger partial charge in [0, 0.05) is 36.5 Å². The van der Waals surface area contributed by atoms with Crippen LogP contribution in [0.1, 0.15) is 36.0 Å². The van der Waals surface area contributed by atoms with Crippen LogP contribution >= 0.6 is 0 Å². The van der Waals surface area contributed by atoms with Crippen molar-refractivity contribution in [1.29, 1.82) is 0 Å². The second kappa shape index (κ2) is 8.49.